The second-order valence-electron chi connectivity index (χ2n) is 7.01. The molecule has 0 aliphatic carbocycles. The Morgan fingerprint density at radius 2 is 2.11 bits per heavy atom. The number of hydrogen-bond donors (Lipinski definition) is 0. The lowest BCUT2D eigenvalue weighted by Crippen LogP contribution is -2.44. The van der Waals surface area contributed by atoms with Crippen LogP contribution in [0.4, 0.5) is 0 Å². The normalized spacial score (nSPS) is 17.2. The highest BCUT2D eigenvalue weighted by Crippen LogP contribution is 2.27. The highest BCUT2D eigenvalue weighted by Gasteiger charge is 2.33. The van der Waals surface area contributed by atoms with E-state index < -0.39 is 0 Å². The van der Waals surface area contributed by atoms with E-state index in [1.54, 1.807) is 16.2 Å². The maximum absolute atomic E-state index is 13.0. The number of morpholine rings is 1. The molecule has 1 amide bonds. The molecule has 0 bridgehead atoms. The Morgan fingerprint density at radius 1 is 1.29 bits per heavy atom. The van der Waals surface area contributed by atoms with Crippen molar-refractivity contribution in [2.75, 3.05) is 19.8 Å². The van der Waals surface area contributed by atoms with Gasteiger partial charge in [-0.15, -0.1) is 11.3 Å². The largest absolute Gasteiger partial charge is 0.377 e. The van der Waals surface area contributed by atoms with E-state index >= 15 is 0 Å². The van der Waals surface area contributed by atoms with E-state index in [4.69, 9.17) is 9.26 Å². The van der Waals surface area contributed by atoms with E-state index in [1.807, 2.05) is 35.7 Å². The number of hydrogen-bond acceptors (Lipinski definition) is 7. The molecule has 8 heteroatoms. The minimum Gasteiger partial charge on any atom is -0.377 e. The molecule has 0 unspecified atom stereocenters. The van der Waals surface area contributed by atoms with Gasteiger partial charge >= 0.3 is 0 Å². The van der Waals surface area contributed by atoms with Crippen molar-refractivity contribution < 1.29 is 14.1 Å². The SMILES string of the molecule is CC(C)c1nc(CC(=O)N2CCOC[C@H]2c2nc(-c3ccccc3)no2)cs1. The molecule has 1 aliphatic rings. The molecule has 4 rings (SSSR count). The summed E-state index contributed by atoms with van der Waals surface area (Å²) in [4.78, 5) is 23.8. The molecule has 1 aliphatic heterocycles. The van der Waals surface area contributed by atoms with Crippen molar-refractivity contribution in [3.63, 3.8) is 0 Å². The summed E-state index contributed by atoms with van der Waals surface area (Å²) in [6.07, 6.45) is 0.263. The first-order chi connectivity index (χ1) is 13.6. The molecular weight excluding hydrogens is 376 g/mol. The average molecular weight is 398 g/mol. The number of aromatic nitrogens is 3. The zero-order chi connectivity index (χ0) is 19.5. The Kier molecular flexibility index (Phi) is 5.50. The molecule has 0 N–H and O–H groups in total. The third-order valence-corrected chi connectivity index (χ3v) is 5.80. The predicted molar refractivity (Wildman–Crippen MR) is 105 cm³/mol. The van der Waals surface area contributed by atoms with E-state index in [0.29, 0.717) is 37.4 Å². The summed E-state index contributed by atoms with van der Waals surface area (Å²) in [6, 6.07) is 9.24. The van der Waals surface area contributed by atoms with Crippen molar-refractivity contribution in [1.82, 2.24) is 20.0 Å². The lowest BCUT2D eigenvalue weighted by molar-refractivity contribution is -0.140. The van der Waals surface area contributed by atoms with Crippen LogP contribution in [0.5, 0.6) is 0 Å². The van der Waals surface area contributed by atoms with Crippen LogP contribution in [-0.2, 0) is 16.0 Å². The number of carbonyl (C=O) groups excluding carboxylic acids is 1. The van der Waals surface area contributed by atoms with Crippen LogP contribution in [0.15, 0.2) is 40.2 Å². The molecule has 28 heavy (non-hydrogen) atoms. The maximum atomic E-state index is 13.0. The molecule has 1 fully saturated rings. The second kappa shape index (κ2) is 8.20. The van der Waals surface area contributed by atoms with Gasteiger partial charge in [0.05, 0.1) is 30.3 Å². The number of amides is 1. The maximum Gasteiger partial charge on any atom is 0.252 e. The smallest absolute Gasteiger partial charge is 0.252 e. The fraction of sp³-hybridized carbons (Fsp3) is 0.400. The van der Waals surface area contributed by atoms with Crippen molar-refractivity contribution in [2.45, 2.75) is 32.2 Å². The third kappa shape index (κ3) is 3.98. The van der Waals surface area contributed by atoms with Gasteiger partial charge in [0.1, 0.15) is 6.04 Å². The van der Waals surface area contributed by atoms with E-state index in [2.05, 4.69) is 29.0 Å². The van der Waals surface area contributed by atoms with Gasteiger partial charge < -0.3 is 14.2 Å². The Labute approximate surface area is 167 Å². The number of nitrogens with zero attached hydrogens (tertiary/aromatic N) is 4. The van der Waals surface area contributed by atoms with Gasteiger partial charge in [-0.25, -0.2) is 4.98 Å². The molecular formula is C20H22N4O3S. The Morgan fingerprint density at radius 3 is 2.86 bits per heavy atom. The number of thiazole rings is 1. The second-order valence-corrected chi connectivity index (χ2v) is 7.90. The molecule has 0 saturated carbocycles. The first kappa shape index (κ1) is 18.8. The molecule has 146 valence electrons. The summed E-state index contributed by atoms with van der Waals surface area (Å²) < 4.78 is 11.1. The van der Waals surface area contributed by atoms with Crippen LogP contribution in [0.2, 0.25) is 0 Å². The Bertz CT molecular complexity index is 938. The van der Waals surface area contributed by atoms with Crippen LogP contribution in [0.3, 0.4) is 0 Å². The van der Waals surface area contributed by atoms with Crippen LogP contribution in [0.1, 0.15) is 42.4 Å². The summed E-state index contributed by atoms with van der Waals surface area (Å²) in [6.45, 7) is 5.53. The minimum atomic E-state index is -0.380. The number of carbonyl (C=O) groups is 1. The van der Waals surface area contributed by atoms with Crippen molar-refractivity contribution >= 4 is 17.2 Å². The zero-order valence-corrected chi connectivity index (χ0v) is 16.7. The van der Waals surface area contributed by atoms with Crippen molar-refractivity contribution in [3.8, 4) is 11.4 Å². The minimum absolute atomic E-state index is 0.00614. The van der Waals surface area contributed by atoms with E-state index in [9.17, 15) is 4.79 Å². The Hall–Kier alpha value is -2.58. The predicted octanol–water partition coefficient (Wildman–Crippen LogP) is 3.46. The summed E-state index contributed by atoms with van der Waals surface area (Å²) in [5, 5.41) is 7.08. The zero-order valence-electron chi connectivity index (χ0n) is 15.9. The highest BCUT2D eigenvalue weighted by molar-refractivity contribution is 7.09. The molecule has 3 heterocycles. The van der Waals surface area contributed by atoms with Gasteiger partial charge in [0.25, 0.3) is 5.89 Å². The number of benzene rings is 1. The summed E-state index contributed by atoms with van der Waals surface area (Å²) in [5.74, 6) is 1.26. The van der Waals surface area contributed by atoms with Gasteiger partial charge in [0.2, 0.25) is 11.7 Å². The van der Waals surface area contributed by atoms with Crippen LogP contribution < -0.4 is 0 Å². The Balaban J connectivity index is 1.51. The average Bonchev–Trinajstić information content (AvgIpc) is 3.38. The van der Waals surface area contributed by atoms with Gasteiger partial charge in [0.15, 0.2) is 0 Å². The quantitative estimate of drug-likeness (QED) is 0.655. The van der Waals surface area contributed by atoms with Crippen molar-refractivity contribution in [3.05, 3.63) is 52.3 Å². The fourth-order valence-electron chi connectivity index (χ4n) is 3.11. The van der Waals surface area contributed by atoms with Crippen LogP contribution in [0.25, 0.3) is 11.4 Å². The van der Waals surface area contributed by atoms with Gasteiger partial charge in [-0.05, 0) is 0 Å². The first-order valence-electron chi connectivity index (χ1n) is 9.32. The highest BCUT2D eigenvalue weighted by atomic mass is 32.1. The van der Waals surface area contributed by atoms with Gasteiger partial charge in [-0.3, -0.25) is 4.79 Å². The van der Waals surface area contributed by atoms with E-state index in [1.165, 1.54) is 0 Å². The van der Waals surface area contributed by atoms with Gasteiger partial charge in [-0.1, -0.05) is 49.3 Å². The molecule has 1 saturated heterocycles. The third-order valence-electron chi connectivity index (χ3n) is 4.60. The van der Waals surface area contributed by atoms with E-state index in [-0.39, 0.29) is 18.4 Å². The number of rotatable bonds is 5. The monoisotopic (exact) mass is 398 g/mol. The fourth-order valence-corrected chi connectivity index (χ4v) is 3.94. The molecule has 3 aromatic rings. The molecule has 2 aromatic heterocycles. The van der Waals surface area contributed by atoms with E-state index in [0.717, 1.165) is 16.3 Å². The molecule has 0 radical (unpaired) electrons. The van der Waals surface area contributed by atoms with Crippen LogP contribution in [-0.4, -0.2) is 45.7 Å². The summed E-state index contributed by atoms with van der Waals surface area (Å²) >= 11 is 1.60. The molecule has 0 spiro atoms. The molecule has 7 nitrogen and oxygen atoms in total. The molecule has 1 aromatic carbocycles. The summed E-state index contributed by atoms with van der Waals surface area (Å²) in [5.41, 5.74) is 1.68. The van der Waals surface area contributed by atoms with Crippen molar-refractivity contribution in [2.24, 2.45) is 0 Å². The van der Waals surface area contributed by atoms with Gasteiger partial charge in [0, 0.05) is 23.4 Å². The van der Waals surface area contributed by atoms with Crippen molar-refractivity contribution in [1.29, 1.82) is 0 Å². The molecule has 1 atom stereocenters. The number of ether oxygens (including phenoxy) is 1. The van der Waals surface area contributed by atoms with Gasteiger partial charge in [-0.2, -0.15) is 4.98 Å². The topological polar surface area (TPSA) is 81.4 Å². The first-order valence-corrected chi connectivity index (χ1v) is 10.2. The van der Waals surface area contributed by atoms with Crippen LogP contribution >= 0.6 is 11.3 Å². The summed E-state index contributed by atoms with van der Waals surface area (Å²) in [7, 11) is 0. The lowest BCUT2D eigenvalue weighted by Gasteiger charge is -2.33. The standard InChI is InChI=1S/C20H22N4O3S/c1-13(2)20-21-15(12-28-20)10-17(25)24-8-9-26-11-16(24)19-22-18(23-27-19)14-6-4-3-5-7-14/h3-7,12-13,16H,8-11H2,1-2H3/t16-/m0/s1. The van der Waals surface area contributed by atoms with Crippen LogP contribution in [0, 0.1) is 0 Å². The lowest BCUT2D eigenvalue weighted by atomic mass is 10.2.